The van der Waals surface area contributed by atoms with Crippen LogP contribution in [0.5, 0.6) is 0 Å². The molecular weight excluding hydrogens is 152 g/mol. The van der Waals surface area contributed by atoms with Gasteiger partial charge in [-0.15, -0.1) is 0 Å². The van der Waals surface area contributed by atoms with E-state index in [0.29, 0.717) is 5.92 Å². The lowest BCUT2D eigenvalue weighted by Gasteiger charge is -2.29. The molecule has 3 N–H and O–H groups in total. The van der Waals surface area contributed by atoms with Gasteiger partial charge in [0, 0.05) is 6.54 Å². The van der Waals surface area contributed by atoms with Crippen LogP contribution >= 0.6 is 0 Å². The Bertz CT molecular complexity index is 189. The third-order valence-corrected chi connectivity index (χ3v) is 3.13. The quantitative estimate of drug-likeness (QED) is 0.614. The highest BCUT2D eigenvalue weighted by Gasteiger charge is 2.39. The molecular formula is C9H16N2O. The van der Waals surface area contributed by atoms with Crippen LogP contribution in [-0.2, 0) is 4.79 Å². The van der Waals surface area contributed by atoms with Crippen LogP contribution in [0.4, 0.5) is 0 Å². The van der Waals surface area contributed by atoms with E-state index in [1.54, 1.807) is 0 Å². The number of hydrogen-bond donors (Lipinski definition) is 2. The van der Waals surface area contributed by atoms with Gasteiger partial charge >= 0.3 is 0 Å². The summed E-state index contributed by atoms with van der Waals surface area (Å²) in [6.45, 7) is 1.86. The molecule has 2 atom stereocenters. The average molecular weight is 168 g/mol. The molecule has 2 unspecified atom stereocenters. The lowest BCUT2D eigenvalue weighted by atomic mass is 9.82. The smallest absolute Gasteiger partial charge is 0.222 e. The van der Waals surface area contributed by atoms with Crippen molar-refractivity contribution in [3.63, 3.8) is 0 Å². The normalized spacial score (nSPS) is 36.3. The fourth-order valence-electron chi connectivity index (χ4n) is 2.28. The molecule has 1 aliphatic carbocycles. The summed E-state index contributed by atoms with van der Waals surface area (Å²) >= 11 is 0. The van der Waals surface area contributed by atoms with Gasteiger partial charge in [0.25, 0.3) is 0 Å². The Morgan fingerprint density at radius 1 is 1.33 bits per heavy atom. The van der Waals surface area contributed by atoms with Gasteiger partial charge in [0.15, 0.2) is 0 Å². The van der Waals surface area contributed by atoms with E-state index in [0.717, 1.165) is 25.4 Å². The van der Waals surface area contributed by atoms with Crippen molar-refractivity contribution in [2.45, 2.75) is 19.3 Å². The van der Waals surface area contributed by atoms with Gasteiger partial charge in [-0.2, -0.15) is 0 Å². The molecule has 2 fully saturated rings. The van der Waals surface area contributed by atoms with Gasteiger partial charge in [0.2, 0.25) is 5.91 Å². The van der Waals surface area contributed by atoms with Crippen molar-refractivity contribution >= 4 is 5.91 Å². The van der Waals surface area contributed by atoms with Gasteiger partial charge < -0.3 is 11.1 Å². The summed E-state index contributed by atoms with van der Waals surface area (Å²) < 4.78 is 0. The van der Waals surface area contributed by atoms with Crippen molar-refractivity contribution in [1.29, 1.82) is 0 Å². The second-order valence-corrected chi connectivity index (χ2v) is 4.00. The Labute approximate surface area is 72.7 Å². The van der Waals surface area contributed by atoms with E-state index in [2.05, 4.69) is 5.32 Å². The topological polar surface area (TPSA) is 55.1 Å². The summed E-state index contributed by atoms with van der Waals surface area (Å²) in [6.07, 6.45) is 3.77. The van der Waals surface area contributed by atoms with Gasteiger partial charge in [-0.05, 0) is 37.6 Å². The number of carbonyl (C=O) groups is 1. The SMILES string of the molecule is NC(=O)C1CNCCC1C1CC1. The first kappa shape index (κ1) is 8.05. The van der Waals surface area contributed by atoms with E-state index in [-0.39, 0.29) is 11.8 Å². The lowest BCUT2D eigenvalue weighted by molar-refractivity contribution is -0.124. The highest BCUT2D eigenvalue weighted by Crippen LogP contribution is 2.42. The standard InChI is InChI=1S/C9H16N2O/c10-9(12)8-5-11-4-3-7(8)6-1-2-6/h6-8,11H,1-5H2,(H2,10,12). The van der Waals surface area contributed by atoms with Gasteiger partial charge in [0.1, 0.15) is 0 Å². The third-order valence-electron chi connectivity index (χ3n) is 3.13. The molecule has 1 saturated heterocycles. The number of primary amides is 1. The summed E-state index contributed by atoms with van der Waals surface area (Å²) in [5.74, 6) is 1.39. The van der Waals surface area contributed by atoms with Crippen LogP contribution in [0.1, 0.15) is 19.3 Å². The first-order valence-corrected chi connectivity index (χ1v) is 4.79. The first-order valence-electron chi connectivity index (χ1n) is 4.79. The zero-order chi connectivity index (χ0) is 8.55. The van der Waals surface area contributed by atoms with Crippen molar-refractivity contribution < 1.29 is 4.79 Å². The van der Waals surface area contributed by atoms with E-state index in [9.17, 15) is 4.79 Å². The van der Waals surface area contributed by atoms with Crippen LogP contribution in [0.25, 0.3) is 0 Å². The average Bonchev–Trinajstić information content (AvgIpc) is 2.87. The fourth-order valence-corrected chi connectivity index (χ4v) is 2.28. The maximum atomic E-state index is 11.1. The maximum absolute atomic E-state index is 11.1. The summed E-state index contributed by atoms with van der Waals surface area (Å²) in [6, 6.07) is 0. The monoisotopic (exact) mass is 168 g/mol. The van der Waals surface area contributed by atoms with Gasteiger partial charge in [0.05, 0.1) is 5.92 Å². The second kappa shape index (κ2) is 3.05. The Kier molecular flexibility index (Phi) is 2.05. The van der Waals surface area contributed by atoms with Gasteiger partial charge in [-0.25, -0.2) is 0 Å². The van der Waals surface area contributed by atoms with Crippen LogP contribution < -0.4 is 11.1 Å². The van der Waals surface area contributed by atoms with Crippen LogP contribution in [0, 0.1) is 17.8 Å². The predicted octanol–water partition coefficient (Wildman–Crippen LogP) is 0.107. The van der Waals surface area contributed by atoms with Gasteiger partial charge in [-0.1, -0.05) is 0 Å². The van der Waals surface area contributed by atoms with Crippen molar-refractivity contribution in [2.24, 2.45) is 23.5 Å². The summed E-state index contributed by atoms with van der Waals surface area (Å²) in [4.78, 5) is 11.1. The lowest BCUT2D eigenvalue weighted by Crippen LogP contribution is -2.44. The minimum absolute atomic E-state index is 0.103. The minimum Gasteiger partial charge on any atom is -0.369 e. The molecule has 1 saturated carbocycles. The third kappa shape index (κ3) is 1.46. The zero-order valence-corrected chi connectivity index (χ0v) is 7.25. The summed E-state index contributed by atoms with van der Waals surface area (Å²) in [7, 11) is 0. The Morgan fingerprint density at radius 3 is 2.67 bits per heavy atom. The van der Waals surface area contributed by atoms with E-state index in [1.165, 1.54) is 12.8 Å². The molecule has 0 aromatic carbocycles. The van der Waals surface area contributed by atoms with E-state index in [1.807, 2.05) is 0 Å². The summed E-state index contributed by atoms with van der Waals surface area (Å²) in [5, 5.41) is 3.23. The van der Waals surface area contributed by atoms with Crippen molar-refractivity contribution in [3.8, 4) is 0 Å². The number of carbonyl (C=O) groups excluding carboxylic acids is 1. The largest absolute Gasteiger partial charge is 0.369 e. The van der Waals surface area contributed by atoms with Crippen LogP contribution in [-0.4, -0.2) is 19.0 Å². The molecule has 12 heavy (non-hydrogen) atoms. The highest BCUT2D eigenvalue weighted by molar-refractivity contribution is 5.77. The molecule has 0 aromatic rings. The maximum Gasteiger partial charge on any atom is 0.222 e. The summed E-state index contributed by atoms with van der Waals surface area (Å²) in [5.41, 5.74) is 5.34. The molecule has 3 nitrogen and oxygen atoms in total. The van der Waals surface area contributed by atoms with E-state index in [4.69, 9.17) is 5.73 Å². The highest BCUT2D eigenvalue weighted by atomic mass is 16.1. The molecule has 0 bridgehead atoms. The van der Waals surface area contributed by atoms with Crippen LogP contribution in [0.3, 0.4) is 0 Å². The Balaban J connectivity index is 2.00. The Hall–Kier alpha value is -0.570. The fraction of sp³-hybridized carbons (Fsp3) is 0.889. The molecule has 2 aliphatic rings. The number of nitrogens with one attached hydrogen (secondary N) is 1. The zero-order valence-electron chi connectivity index (χ0n) is 7.25. The van der Waals surface area contributed by atoms with E-state index < -0.39 is 0 Å². The number of piperidine rings is 1. The molecule has 3 heteroatoms. The molecule has 1 heterocycles. The molecule has 0 aromatic heterocycles. The first-order chi connectivity index (χ1) is 5.79. The Morgan fingerprint density at radius 2 is 2.08 bits per heavy atom. The predicted molar refractivity (Wildman–Crippen MR) is 46.4 cm³/mol. The molecule has 68 valence electrons. The van der Waals surface area contributed by atoms with Crippen molar-refractivity contribution in [2.75, 3.05) is 13.1 Å². The number of rotatable bonds is 2. The number of hydrogen-bond acceptors (Lipinski definition) is 2. The van der Waals surface area contributed by atoms with E-state index >= 15 is 0 Å². The molecule has 1 aliphatic heterocycles. The van der Waals surface area contributed by atoms with Crippen molar-refractivity contribution in [3.05, 3.63) is 0 Å². The molecule has 1 amide bonds. The van der Waals surface area contributed by atoms with Crippen LogP contribution in [0.15, 0.2) is 0 Å². The number of nitrogens with two attached hydrogens (primary N) is 1. The van der Waals surface area contributed by atoms with Crippen LogP contribution in [0.2, 0.25) is 0 Å². The molecule has 0 radical (unpaired) electrons. The van der Waals surface area contributed by atoms with Crippen molar-refractivity contribution in [1.82, 2.24) is 5.32 Å². The minimum atomic E-state index is -0.112. The number of amides is 1. The molecule has 2 rings (SSSR count). The second-order valence-electron chi connectivity index (χ2n) is 4.00. The molecule has 0 spiro atoms. The van der Waals surface area contributed by atoms with Gasteiger partial charge in [-0.3, -0.25) is 4.79 Å².